The second-order valence-electron chi connectivity index (χ2n) is 2.96. The van der Waals surface area contributed by atoms with E-state index in [0.717, 1.165) is 0 Å². The summed E-state index contributed by atoms with van der Waals surface area (Å²) < 4.78 is 0. The van der Waals surface area contributed by atoms with E-state index in [-0.39, 0.29) is 11.7 Å². The van der Waals surface area contributed by atoms with Crippen LogP contribution in [-0.2, 0) is 0 Å². The lowest BCUT2D eigenvalue weighted by atomic mass is 10.2. The fourth-order valence-electron chi connectivity index (χ4n) is 0.853. The number of rotatable bonds is 2. The van der Waals surface area contributed by atoms with Crippen molar-refractivity contribution in [3.8, 4) is 0 Å². The number of carbonyl (C=O) groups is 2. The first-order chi connectivity index (χ1) is 6.02. The van der Waals surface area contributed by atoms with Crippen molar-refractivity contribution in [3.63, 3.8) is 0 Å². The molecule has 1 aromatic rings. The van der Waals surface area contributed by atoms with Crippen molar-refractivity contribution in [1.29, 1.82) is 0 Å². The lowest BCUT2D eigenvalue weighted by Gasteiger charge is -2.06. The summed E-state index contributed by atoms with van der Waals surface area (Å²) in [4.78, 5) is 24.4. The summed E-state index contributed by atoms with van der Waals surface area (Å²) >= 11 is 1.30. The predicted molar refractivity (Wildman–Crippen MR) is 52.3 cm³/mol. The molecule has 70 valence electrons. The molecule has 0 aliphatic rings. The van der Waals surface area contributed by atoms with Gasteiger partial charge < -0.3 is 4.90 Å². The number of hydrogen-bond donors (Lipinski definition) is 0. The highest BCUT2D eigenvalue weighted by Crippen LogP contribution is 2.16. The Morgan fingerprint density at radius 2 is 2.00 bits per heavy atom. The maximum atomic E-state index is 11.4. The van der Waals surface area contributed by atoms with Crippen molar-refractivity contribution in [2.24, 2.45) is 0 Å². The molecule has 0 bridgehead atoms. The van der Waals surface area contributed by atoms with E-state index in [4.69, 9.17) is 0 Å². The zero-order chi connectivity index (χ0) is 10.0. The minimum absolute atomic E-state index is 0.00550. The van der Waals surface area contributed by atoms with Crippen LogP contribution in [-0.4, -0.2) is 30.7 Å². The molecule has 1 amide bonds. The first-order valence-corrected chi connectivity index (χ1v) is 4.71. The van der Waals surface area contributed by atoms with Crippen molar-refractivity contribution >= 4 is 23.0 Å². The Balaban J connectivity index is 2.92. The lowest BCUT2D eigenvalue weighted by Crippen LogP contribution is -2.20. The average Bonchev–Trinajstić information content (AvgIpc) is 2.50. The number of ketones is 1. The second kappa shape index (κ2) is 3.70. The molecule has 0 aliphatic carbocycles. The van der Waals surface area contributed by atoms with Crippen LogP contribution < -0.4 is 0 Å². The Morgan fingerprint density at radius 3 is 2.38 bits per heavy atom. The van der Waals surface area contributed by atoms with Crippen LogP contribution in [0.5, 0.6) is 0 Å². The maximum Gasteiger partial charge on any atom is 0.263 e. The lowest BCUT2D eigenvalue weighted by molar-refractivity contribution is 0.0832. The maximum absolute atomic E-state index is 11.4. The van der Waals surface area contributed by atoms with Gasteiger partial charge in [0.1, 0.15) is 0 Å². The number of thiophene rings is 1. The Labute approximate surface area is 81.0 Å². The van der Waals surface area contributed by atoms with Gasteiger partial charge in [0.2, 0.25) is 0 Å². The molecule has 13 heavy (non-hydrogen) atoms. The Hall–Kier alpha value is -1.16. The van der Waals surface area contributed by atoms with Gasteiger partial charge in [0, 0.05) is 25.0 Å². The van der Waals surface area contributed by atoms with Crippen molar-refractivity contribution in [1.82, 2.24) is 4.90 Å². The Bertz CT molecular complexity index is 341. The smallest absolute Gasteiger partial charge is 0.263 e. The fourth-order valence-corrected chi connectivity index (χ4v) is 1.82. The topological polar surface area (TPSA) is 37.4 Å². The molecule has 0 radical (unpaired) electrons. The van der Waals surface area contributed by atoms with Gasteiger partial charge in [-0.15, -0.1) is 11.3 Å². The molecule has 1 heterocycles. The van der Waals surface area contributed by atoms with E-state index >= 15 is 0 Å². The molecule has 0 atom stereocenters. The Kier molecular flexibility index (Phi) is 2.83. The van der Waals surface area contributed by atoms with Gasteiger partial charge in [0.25, 0.3) is 5.91 Å². The summed E-state index contributed by atoms with van der Waals surface area (Å²) in [5, 5.41) is 1.71. The third-order valence-corrected chi connectivity index (χ3v) is 2.54. The van der Waals surface area contributed by atoms with E-state index < -0.39 is 0 Å². The zero-order valence-corrected chi connectivity index (χ0v) is 8.64. The summed E-state index contributed by atoms with van der Waals surface area (Å²) in [6, 6.07) is 1.63. The summed E-state index contributed by atoms with van der Waals surface area (Å²) in [5.41, 5.74) is 0.607. The molecule has 1 aromatic heterocycles. The summed E-state index contributed by atoms with van der Waals surface area (Å²) in [6.07, 6.45) is 0. The van der Waals surface area contributed by atoms with E-state index in [1.165, 1.54) is 23.2 Å². The van der Waals surface area contributed by atoms with Crippen LogP contribution in [0.2, 0.25) is 0 Å². The van der Waals surface area contributed by atoms with Crippen LogP contribution in [0.15, 0.2) is 11.4 Å². The molecular formula is C9H11NO2S. The first kappa shape index (κ1) is 9.92. The second-order valence-corrected chi connectivity index (χ2v) is 3.87. The standard InChI is InChI=1S/C9H11NO2S/c1-6(11)7-4-8(13-5-7)9(12)10(2)3/h4-5H,1-3H3. The minimum atomic E-state index is -0.0579. The van der Waals surface area contributed by atoms with Gasteiger partial charge in [-0.3, -0.25) is 9.59 Å². The van der Waals surface area contributed by atoms with E-state index in [2.05, 4.69) is 0 Å². The van der Waals surface area contributed by atoms with Crippen LogP contribution in [0.1, 0.15) is 27.0 Å². The zero-order valence-electron chi connectivity index (χ0n) is 7.83. The van der Waals surface area contributed by atoms with Gasteiger partial charge in [-0.2, -0.15) is 0 Å². The summed E-state index contributed by atoms with van der Waals surface area (Å²) in [7, 11) is 3.38. The molecule has 0 saturated heterocycles. The molecule has 0 aromatic carbocycles. The van der Waals surface area contributed by atoms with Crippen LogP contribution in [0.3, 0.4) is 0 Å². The molecule has 0 fully saturated rings. The van der Waals surface area contributed by atoms with Gasteiger partial charge in [-0.25, -0.2) is 0 Å². The van der Waals surface area contributed by atoms with Crippen LogP contribution in [0.4, 0.5) is 0 Å². The fraction of sp³-hybridized carbons (Fsp3) is 0.333. The largest absolute Gasteiger partial charge is 0.344 e. The number of hydrogen-bond acceptors (Lipinski definition) is 3. The van der Waals surface area contributed by atoms with Crippen LogP contribution in [0, 0.1) is 0 Å². The predicted octanol–water partition coefficient (Wildman–Crippen LogP) is 1.65. The molecule has 0 N–H and O–H groups in total. The molecule has 4 heteroatoms. The third kappa shape index (κ3) is 2.15. The summed E-state index contributed by atoms with van der Waals surface area (Å²) in [6.45, 7) is 1.49. The van der Waals surface area contributed by atoms with Crippen molar-refractivity contribution in [3.05, 3.63) is 21.9 Å². The van der Waals surface area contributed by atoms with Gasteiger partial charge in [-0.05, 0) is 13.0 Å². The van der Waals surface area contributed by atoms with Gasteiger partial charge in [-0.1, -0.05) is 0 Å². The molecule has 0 aliphatic heterocycles. The molecule has 1 rings (SSSR count). The molecule has 0 saturated carbocycles. The van der Waals surface area contributed by atoms with E-state index in [1.807, 2.05) is 0 Å². The van der Waals surface area contributed by atoms with Crippen LogP contribution >= 0.6 is 11.3 Å². The average molecular weight is 197 g/mol. The van der Waals surface area contributed by atoms with Crippen molar-refractivity contribution in [2.75, 3.05) is 14.1 Å². The SMILES string of the molecule is CC(=O)c1csc(C(=O)N(C)C)c1. The highest BCUT2D eigenvalue weighted by atomic mass is 32.1. The van der Waals surface area contributed by atoms with Crippen molar-refractivity contribution < 1.29 is 9.59 Å². The van der Waals surface area contributed by atoms with E-state index in [9.17, 15) is 9.59 Å². The third-order valence-electron chi connectivity index (χ3n) is 1.62. The molecule has 0 spiro atoms. The quantitative estimate of drug-likeness (QED) is 0.676. The molecule has 3 nitrogen and oxygen atoms in total. The Morgan fingerprint density at radius 1 is 1.38 bits per heavy atom. The first-order valence-electron chi connectivity index (χ1n) is 3.83. The van der Waals surface area contributed by atoms with Crippen LogP contribution in [0.25, 0.3) is 0 Å². The number of Topliss-reactive ketones (excluding diaryl/α,β-unsaturated/α-hetero) is 1. The van der Waals surface area contributed by atoms with Gasteiger partial charge >= 0.3 is 0 Å². The van der Waals surface area contributed by atoms with Gasteiger partial charge in [0.15, 0.2) is 5.78 Å². The number of carbonyl (C=O) groups excluding carboxylic acids is 2. The van der Waals surface area contributed by atoms with E-state index in [1.54, 1.807) is 25.5 Å². The highest BCUT2D eigenvalue weighted by Gasteiger charge is 2.12. The van der Waals surface area contributed by atoms with E-state index in [0.29, 0.717) is 10.4 Å². The normalized spacial score (nSPS) is 9.77. The number of amides is 1. The van der Waals surface area contributed by atoms with Gasteiger partial charge in [0.05, 0.1) is 4.88 Å². The van der Waals surface area contributed by atoms with Crippen molar-refractivity contribution in [2.45, 2.75) is 6.92 Å². The summed E-state index contributed by atoms with van der Waals surface area (Å²) in [5.74, 6) is -0.0634. The molecular weight excluding hydrogens is 186 g/mol. The number of nitrogens with zero attached hydrogens (tertiary/aromatic N) is 1. The highest BCUT2D eigenvalue weighted by molar-refractivity contribution is 7.12. The minimum Gasteiger partial charge on any atom is -0.344 e. The molecule has 0 unspecified atom stereocenters. The monoisotopic (exact) mass is 197 g/mol.